The van der Waals surface area contributed by atoms with Gasteiger partial charge in [0.1, 0.15) is 5.76 Å². The number of morpholine rings is 1. The lowest BCUT2D eigenvalue weighted by Gasteiger charge is -2.30. The van der Waals surface area contributed by atoms with E-state index < -0.39 is 23.5 Å². The van der Waals surface area contributed by atoms with Gasteiger partial charge in [0.05, 0.1) is 31.1 Å². The Kier molecular flexibility index (Phi) is 6.87. The van der Waals surface area contributed by atoms with Crippen LogP contribution in [0, 0.1) is 6.92 Å². The zero-order chi connectivity index (χ0) is 22.5. The third-order valence-corrected chi connectivity index (χ3v) is 5.88. The molecule has 1 aromatic heterocycles. The summed E-state index contributed by atoms with van der Waals surface area (Å²) >= 11 is 0. The van der Waals surface area contributed by atoms with Gasteiger partial charge in [-0.2, -0.15) is 0 Å². The molecule has 2 aromatic rings. The highest BCUT2D eigenvalue weighted by Gasteiger charge is 2.42. The number of aliphatic hydroxyl groups is 1. The third kappa shape index (κ3) is 4.84. The Labute approximate surface area is 187 Å². The smallest absolute Gasteiger partial charge is 0.290 e. The van der Waals surface area contributed by atoms with E-state index in [1.165, 1.54) is 12.3 Å². The molecular weight excluding hydrogens is 408 g/mol. The number of ketones is 1. The van der Waals surface area contributed by atoms with E-state index in [9.17, 15) is 14.7 Å². The van der Waals surface area contributed by atoms with Gasteiger partial charge in [-0.25, -0.2) is 0 Å². The van der Waals surface area contributed by atoms with Gasteiger partial charge >= 0.3 is 0 Å². The van der Waals surface area contributed by atoms with Gasteiger partial charge < -0.3 is 19.2 Å². The quantitative estimate of drug-likeness (QED) is 0.640. The molecule has 7 heteroatoms. The van der Waals surface area contributed by atoms with Gasteiger partial charge in [-0.3, -0.25) is 14.5 Å². The minimum atomic E-state index is -0.624. The van der Waals surface area contributed by atoms with Gasteiger partial charge in [-0.15, -0.1) is 0 Å². The molecule has 0 spiro atoms. The van der Waals surface area contributed by atoms with E-state index in [0.717, 1.165) is 50.4 Å². The van der Waals surface area contributed by atoms with Gasteiger partial charge in [-0.05, 0) is 43.2 Å². The molecule has 2 aliphatic rings. The fraction of sp³-hybridized carbons (Fsp3) is 0.360. The number of nitrogens with zero attached hydrogens (tertiary/aromatic N) is 2. The van der Waals surface area contributed by atoms with Crippen LogP contribution in [0.2, 0.25) is 0 Å². The van der Waals surface area contributed by atoms with Gasteiger partial charge in [0.25, 0.3) is 5.91 Å². The molecular formula is C25H28N2O5. The summed E-state index contributed by atoms with van der Waals surface area (Å²) in [5.74, 6) is -0.867. The molecule has 0 radical (unpaired) electrons. The molecule has 1 unspecified atom stereocenters. The summed E-state index contributed by atoms with van der Waals surface area (Å²) in [6.07, 6.45) is 5.15. The summed E-state index contributed by atoms with van der Waals surface area (Å²) in [5, 5.41) is 10.7. The average Bonchev–Trinajstić information content (AvgIpc) is 3.41. The maximum atomic E-state index is 13.1. The molecule has 1 atom stereocenters. The van der Waals surface area contributed by atoms with Crippen LogP contribution in [0.25, 0.3) is 6.08 Å². The summed E-state index contributed by atoms with van der Waals surface area (Å²) in [7, 11) is 0. The number of hydrogen-bond donors (Lipinski definition) is 1. The predicted molar refractivity (Wildman–Crippen MR) is 120 cm³/mol. The van der Waals surface area contributed by atoms with Crippen LogP contribution in [-0.4, -0.2) is 66.0 Å². The summed E-state index contributed by atoms with van der Waals surface area (Å²) in [6.45, 7) is 6.44. The van der Waals surface area contributed by atoms with E-state index >= 15 is 0 Å². The zero-order valence-electron chi connectivity index (χ0n) is 18.2. The lowest BCUT2D eigenvalue weighted by Crippen LogP contribution is -2.39. The topological polar surface area (TPSA) is 83.2 Å². The van der Waals surface area contributed by atoms with Crippen molar-refractivity contribution < 1.29 is 23.8 Å². The van der Waals surface area contributed by atoms with Crippen LogP contribution in [-0.2, 0) is 14.3 Å². The minimum absolute atomic E-state index is 0.105. The lowest BCUT2D eigenvalue weighted by atomic mass is 9.95. The SMILES string of the molecule is Cc1ccc(C2C(C(=O)/C=C/c3ccco3)=C(O)C(=O)N2CCCN2CCOCC2)cc1. The lowest BCUT2D eigenvalue weighted by molar-refractivity contribution is -0.129. The van der Waals surface area contributed by atoms with Crippen molar-refractivity contribution in [3.05, 3.63) is 77.0 Å². The third-order valence-electron chi connectivity index (χ3n) is 5.88. The van der Waals surface area contributed by atoms with Crippen molar-refractivity contribution in [2.45, 2.75) is 19.4 Å². The number of aliphatic hydroxyl groups excluding tert-OH is 1. The summed E-state index contributed by atoms with van der Waals surface area (Å²) in [4.78, 5) is 29.9. The first kappa shape index (κ1) is 22.0. The molecule has 1 aromatic carbocycles. The normalized spacial score (nSPS) is 20.0. The fourth-order valence-corrected chi connectivity index (χ4v) is 4.15. The molecule has 7 nitrogen and oxygen atoms in total. The number of carbonyl (C=O) groups is 2. The molecule has 3 heterocycles. The predicted octanol–water partition coefficient (Wildman–Crippen LogP) is 3.29. The average molecular weight is 437 g/mol. The van der Waals surface area contributed by atoms with Crippen molar-refractivity contribution in [3.63, 3.8) is 0 Å². The van der Waals surface area contributed by atoms with Crippen molar-refractivity contribution >= 4 is 17.8 Å². The molecule has 4 rings (SSSR count). The van der Waals surface area contributed by atoms with E-state index in [-0.39, 0.29) is 5.57 Å². The molecule has 0 aliphatic carbocycles. The number of hydrogen-bond acceptors (Lipinski definition) is 6. The number of ether oxygens (including phenoxy) is 1. The molecule has 2 aliphatic heterocycles. The Balaban J connectivity index is 1.56. The number of rotatable bonds is 8. The highest BCUT2D eigenvalue weighted by atomic mass is 16.5. The van der Waals surface area contributed by atoms with Gasteiger partial charge in [-0.1, -0.05) is 29.8 Å². The molecule has 0 bridgehead atoms. The van der Waals surface area contributed by atoms with Crippen molar-refractivity contribution in [1.82, 2.24) is 9.80 Å². The largest absolute Gasteiger partial charge is 0.503 e. The Morgan fingerprint density at radius 3 is 2.59 bits per heavy atom. The van der Waals surface area contributed by atoms with Gasteiger partial charge in [0.15, 0.2) is 11.5 Å². The van der Waals surface area contributed by atoms with Crippen molar-refractivity contribution in [2.75, 3.05) is 39.4 Å². The van der Waals surface area contributed by atoms with Crippen molar-refractivity contribution in [2.24, 2.45) is 0 Å². The molecule has 32 heavy (non-hydrogen) atoms. The maximum Gasteiger partial charge on any atom is 0.290 e. The first-order chi connectivity index (χ1) is 15.5. The highest BCUT2D eigenvalue weighted by Crippen LogP contribution is 2.38. The van der Waals surface area contributed by atoms with Crippen molar-refractivity contribution in [3.8, 4) is 0 Å². The number of aryl methyl sites for hydroxylation is 1. The summed E-state index contributed by atoms with van der Waals surface area (Å²) in [6, 6.07) is 10.5. The molecule has 168 valence electrons. The second-order valence-corrected chi connectivity index (χ2v) is 8.09. The van der Waals surface area contributed by atoms with Gasteiger partial charge in [0, 0.05) is 26.2 Å². The van der Waals surface area contributed by atoms with Crippen LogP contribution in [0.3, 0.4) is 0 Å². The van der Waals surface area contributed by atoms with Crippen LogP contribution in [0.5, 0.6) is 0 Å². The van der Waals surface area contributed by atoms with Crippen LogP contribution >= 0.6 is 0 Å². The van der Waals surface area contributed by atoms with Crippen LogP contribution in [0.15, 0.2) is 64.5 Å². The molecule has 1 fully saturated rings. The van der Waals surface area contributed by atoms with Crippen LogP contribution in [0.4, 0.5) is 0 Å². The number of amides is 1. The van der Waals surface area contributed by atoms with Crippen LogP contribution in [0.1, 0.15) is 29.3 Å². The Hall–Kier alpha value is -3.16. The van der Waals surface area contributed by atoms with E-state index in [4.69, 9.17) is 9.15 Å². The van der Waals surface area contributed by atoms with E-state index in [1.54, 1.807) is 23.1 Å². The Morgan fingerprint density at radius 1 is 1.16 bits per heavy atom. The number of allylic oxidation sites excluding steroid dienone is 1. The highest BCUT2D eigenvalue weighted by molar-refractivity contribution is 6.14. The Bertz CT molecular complexity index is 1000. The monoisotopic (exact) mass is 436 g/mol. The van der Waals surface area contributed by atoms with E-state index in [2.05, 4.69) is 4.90 Å². The maximum absolute atomic E-state index is 13.1. The van der Waals surface area contributed by atoms with Crippen molar-refractivity contribution in [1.29, 1.82) is 0 Å². The van der Waals surface area contributed by atoms with Gasteiger partial charge in [0.2, 0.25) is 0 Å². The van der Waals surface area contributed by atoms with E-state index in [0.29, 0.717) is 12.3 Å². The van der Waals surface area contributed by atoms with E-state index in [1.807, 2.05) is 31.2 Å². The number of benzene rings is 1. The second kappa shape index (κ2) is 9.97. The fourth-order valence-electron chi connectivity index (χ4n) is 4.15. The summed E-state index contributed by atoms with van der Waals surface area (Å²) < 4.78 is 10.6. The Morgan fingerprint density at radius 2 is 1.91 bits per heavy atom. The molecule has 0 saturated carbocycles. The van der Waals surface area contributed by atoms with Crippen LogP contribution < -0.4 is 0 Å². The first-order valence-electron chi connectivity index (χ1n) is 10.9. The number of furan rings is 1. The molecule has 1 N–H and O–H groups in total. The summed E-state index contributed by atoms with van der Waals surface area (Å²) in [5.41, 5.74) is 1.98. The standard InChI is InChI=1S/C25H28N2O5/c1-18-5-7-19(8-6-18)23-22(21(28)10-9-20-4-2-15-32-20)24(29)25(30)27(23)12-3-11-26-13-16-31-17-14-26/h2,4-10,15,23,29H,3,11-14,16-17H2,1H3/b10-9+. The zero-order valence-corrected chi connectivity index (χ0v) is 18.2. The molecule has 1 amide bonds. The molecule has 1 saturated heterocycles. The number of carbonyl (C=O) groups excluding carboxylic acids is 2. The minimum Gasteiger partial charge on any atom is -0.503 e. The first-order valence-corrected chi connectivity index (χ1v) is 10.9. The second-order valence-electron chi connectivity index (χ2n) is 8.09.